The number of aliphatic carboxylic acids is 2. The molecule has 14 nitrogen and oxygen atoms in total. The molecule has 5 aromatic rings. The number of aromatic nitrogens is 1. The van der Waals surface area contributed by atoms with Crippen LogP contribution >= 0.6 is 11.6 Å². The van der Waals surface area contributed by atoms with E-state index in [-0.39, 0.29) is 44.1 Å². The van der Waals surface area contributed by atoms with Crippen molar-refractivity contribution in [1.82, 2.24) is 15.6 Å². The summed E-state index contributed by atoms with van der Waals surface area (Å²) in [5.41, 5.74) is 7.93. The Labute approximate surface area is 352 Å². The van der Waals surface area contributed by atoms with E-state index < -0.39 is 16.9 Å². The predicted molar refractivity (Wildman–Crippen MR) is 226 cm³/mol. The van der Waals surface area contributed by atoms with E-state index in [2.05, 4.69) is 21.7 Å². The van der Waals surface area contributed by atoms with Gasteiger partial charge in [-0.25, -0.2) is 0 Å². The van der Waals surface area contributed by atoms with Crippen LogP contribution in [0.2, 0.25) is 5.02 Å². The number of nitro benzene ring substituents is 1. The number of carboxylic acids is 2. The molecule has 0 aliphatic rings. The molecule has 1 aromatic heterocycles. The molecular formula is C45H46ClN5O9. The Morgan fingerprint density at radius 3 is 2.18 bits per heavy atom. The highest BCUT2D eigenvalue weighted by Crippen LogP contribution is 2.39. The van der Waals surface area contributed by atoms with E-state index >= 15 is 0 Å². The smallest absolute Gasteiger partial charge is 0.311 e. The van der Waals surface area contributed by atoms with Crippen molar-refractivity contribution >= 4 is 29.2 Å². The second-order valence-electron chi connectivity index (χ2n) is 13.9. The van der Waals surface area contributed by atoms with Crippen molar-refractivity contribution in [2.45, 2.75) is 59.3 Å². The lowest BCUT2D eigenvalue weighted by molar-refractivity contribution is -0.385. The third-order valence-corrected chi connectivity index (χ3v) is 9.99. The van der Waals surface area contributed by atoms with E-state index in [0.717, 1.165) is 38.9 Å². The van der Waals surface area contributed by atoms with Gasteiger partial charge in [0.25, 0.3) is 0 Å². The second-order valence-corrected chi connectivity index (χ2v) is 14.3. The molecule has 0 aliphatic carbocycles. The van der Waals surface area contributed by atoms with Crippen molar-refractivity contribution < 1.29 is 38.9 Å². The van der Waals surface area contributed by atoms with Crippen molar-refractivity contribution in [2.75, 3.05) is 26.2 Å². The molecule has 312 valence electrons. The number of nitriles is 1. The Hall–Kier alpha value is -6.53. The first-order valence-corrected chi connectivity index (χ1v) is 19.7. The number of carbonyl (C=O) groups is 2. The highest BCUT2D eigenvalue weighted by atomic mass is 35.5. The summed E-state index contributed by atoms with van der Waals surface area (Å²) in [7, 11) is 0. The van der Waals surface area contributed by atoms with Crippen LogP contribution in [0.4, 0.5) is 5.69 Å². The molecule has 4 N–H and O–H groups in total. The largest absolute Gasteiger partial charge is 0.488 e. The minimum absolute atomic E-state index is 0.0488. The third-order valence-electron chi connectivity index (χ3n) is 9.69. The number of nitrogens with zero attached hydrogens (tertiary/aromatic N) is 3. The lowest BCUT2D eigenvalue weighted by Gasteiger charge is -2.18. The summed E-state index contributed by atoms with van der Waals surface area (Å²) in [4.78, 5) is 37.4. The highest BCUT2D eigenvalue weighted by molar-refractivity contribution is 6.32. The molecule has 0 amide bonds. The monoisotopic (exact) mass is 835 g/mol. The normalized spacial score (nSPS) is 10.8. The molecule has 15 heteroatoms. The summed E-state index contributed by atoms with van der Waals surface area (Å²) in [6, 6.07) is 24.0. The second kappa shape index (κ2) is 22.0. The lowest BCUT2D eigenvalue weighted by atomic mass is 9.89. The standard InChI is InChI=1S/C45H46ClN5O9/c1-29-34(28-60-43-22-42(59-27-32-19-31(23-47)24-50-25-32)35(20-39(43)46)26-49-16-6-12-45(54)55)7-3-9-37(29)38-10-4-8-36(30(38)2)33-13-14-41(40(21-33)51(56)57)58-18-17-48-15-5-11-44(52)53/h3-4,7-10,13-14,19-22,24-25,48-49H,5-6,11-12,15-18,26-28H2,1-2H3,(H,52,53)(H,54,55). The summed E-state index contributed by atoms with van der Waals surface area (Å²) in [5.74, 6) is -0.676. The lowest BCUT2D eigenvalue weighted by Crippen LogP contribution is -2.22. The van der Waals surface area contributed by atoms with E-state index in [0.29, 0.717) is 72.2 Å². The molecule has 0 aliphatic heterocycles. The fourth-order valence-electron chi connectivity index (χ4n) is 6.54. The maximum atomic E-state index is 12.1. The van der Waals surface area contributed by atoms with Crippen LogP contribution in [-0.2, 0) is 29.3 Å². The molecule has 0 saturated heterocycles. The molecule has 0 bridgehead atoms. The van der Waals surface area contributed by atoms with Crippen molar-refractivity contribution in [3.63, 3.8) is 0 Å². The van der Waals surface area contributed by atoms with Crippen molar-refractivity contribution in [3.05, 3.63) is 134 Å². The maximum absolute atomic E-state index is 12.1. The summed E-state index contributed by atoms with van der Waals surface area (Å²) in [5, 5.41) is 45.9. The van der Waals surface area contributed by atoms with Gasteiger partial charge in [-0.15, -0.1) is 0 Å². The maximum Gasteiger partial charge on any atom is 0.311 e. The van der Waals surface area contributed by atoms with Gasteiger partial charge in [0.15, 0.2) is 5.75 Å². The van der Waals surface area contributed by atoms with Gasteiger partial charge >= 0.3 is 17.6 Å². The average molecular weight is 836 g/mol. The van der Waals surface area contributed by atoms with Gasteiger partial charge in [0.05, 0.1) is 15.5 Å². The predicted octanol–water partition coefficient (Wildman–Crippen LogP) is 8.41. The number of halogens is 1. The number of hydrogen-bond acceptors (Lipinski definition) is 11. The van der Waals surface area contributed by atoms with Gasteiger partial charge in [-0.3, -0.25) is 24.7 Å². The number of carboxylic acid groups (broad SMARTS) is 2. The minimum Gasteiger partial charge on any atom is -0.488 e. The van der Waals surface area contributed by atoms with E-state index in [9.17, 15) is 25.0 Å². The number of nitro groups is 1. The SMILES string of the molecule is Cc1c(COc2cc(OCc3cncc(C#N)c3)c(CNCCCC(=O)O)cc2Cl)cccc1-c1cccc(-c2ccc(OCCNCCCC(=O)O)c([N+](=O)[O-])c2)c1C. The Kier molecular flexibility index (Phi) is 16.3. The Morgan fingerprint density at radius 2 is 1.47 bits per heavy atom. The van der Waals surface area contributed by atoms with Gasteiger partial charge in [0, 0.05) is 61.6 Å². The van der Waals surface area contributed by atoms with Crippen LogP contribution in [0.15, 0.2) is 85.2 Å². The summed E-state index contributed by atoms with van der Waals surface area (Å²) >= 11 is 6.77. The quantitative estimate of drug-likeness (QED) is 0.0277. The van der Waals surface area contributed by atoms with Crippen LogP contribution in [0.3, 0.4) is 0 Å². The molecule has 0 atom stereocenters. The summed E-state index contributed by atoms with van der Waals surface area (Å²) in [6.07, 6.45) is 4.14. The van der Waals surface area contributed by atoms with Crippen LogP contribution in [0, 0.1) is 35.3 Å². The fourth-order valence-corrected chi connectivity index (χ4v) is 6.78. The Morgan fingerprint density at radius 1 is 0.783 bits per heavy atom. The van der Waals surface area contributed by atoms with Crippen LogP contribution in [0.25, 0.3) is 22.3 Å². The van der Waals surface area contributed by atoms with Crippen molar-refractivity contribution in [1.29, 1.82) is 5.26 Å². The summed E-state index contributed by atoms with van der Waals surface area (Å²) in [6.45, 7) is 6.25. The van der Waals surface area contributed by atoms with Crippen LogP contribution in [0.5, 0.6) is 17.2 Å². The molecule has 0 spiro atoms. The van der Waals surface area contributed by atoms with Gasteiger partial charge in [0.2, 0.25) is 0 Å². The van der Waals surface area contributed by atoms with Crippen molar-refractivity contribution in [3.8, 4) is 45.6 Å². The minimum atomic E-state index is -0.861. The molecule has 0 saturated carbocycles. The van der Waals surface area contributed by atoms with E-state index in [4.69, 9.17) is 36.0 Å². The van der Waals surface area contributed by atoms with Crippen LogP contribution < -0.4 is 24.8 Å². The van der Waals surface area contributed by atoms with Crippen LogP contribution in [-0.4, -0.2) is 58.3 Å². The number of nitrogens with one attached hydrogen (secondary N) is 2. The Bertz CT molecular complexity index is 2370. The van der Waals surface area contributed by atoms with Gasteiger partial charge in [-0.1, -0.05) is 54.1 Å². The van der Waals surface area contributed by atoms with E-state index in [1.807, 2.05) is 50.2 Å². The molecule has 60 heavy (non-hydrogen) atoms. The molecular weight excluding hydrogens is 790 g/mol. The first kappa shape index (κ1) is 44.6. The van der Waals surface area contributed by atoms with Crippen molar-refractivity contribution in [2.24, 2.45) is 0 Å². The highest BCUT2D eigenvalue weighted by Gasteiger charge is 2.20. The topological polar surface area (TPSA) is 206 Å². The fraction of sp³-hybridized carbons (Fsp3) is 0.289. The molecule has 0 fully saturated rings. The summed E-state index contributed by atoms with van der Waals surface area (Å²) < 4.78 is 18.3. The zero-order valence-electron chi connectivity index (χ0n) is 33.3. The number of hydrogen-bond donors (Lipinski definition) is 4. The van der Waals surface area contributed by atoms with E-state index in [1.165, 1.54) is 12.3 Å². The van der Waals surface area contributed by atoms with Gasteiger partial charge in [0.1, 0.15) is 37.4 Å². The van der Waals surface area contributed by atoms with Crippen LogP contribution in [0.1, 0.15) is 59.1 Å². The number of pyridine rings is 1. The Balaban J connectivity index is 1.33. The zero-order valence-corrected chi connectivity index (χ0v) is 34.1. The molecule has 4 aromatic carbocycles. The van der Waals surface area contributed by atoms with Gasteiger partial charge in [-0.2, -0.15) is 5.26 Å². The molecule has 1 heterocycles. The van der Waals surface area contributed by atoms with Gasteiger partial charge in [-0.05, 0) is 96.9 Å². The number of benzene rings is 4. The average Bonchev–Trinajstić information content (AvgIpc) is 3.23. The first-order valence-electron chi connectivity index (χ1n) is 19.3. The van der Waals surface area contributed by atoms with Gasteiger partial charge < -0.3 is 35.1 Å². The zero-order chi connectivity index (χ0) is 43.0. The molecule has 0 unspecified atom stereocenters. The molecule has 5 rings (SSSR count). The number of rotatable bonds is 23. The third kappa shape index (κ3) is 12.5. The molecule has 0 radical (unpaired) electrons. The van der Waals surface area contributed by atoms with E-state index in [1.54, 1.807) is 36.5 Å². The first-order chi connectivity index (χ1) is 28.9. The number of ether oxygens (including phenoxy) is 3.